The van der Waals surface area contributed by atoms with Crippen molar-refractivity contribution in [1.29, 1.82) is 0 Å². The molecule has 35 heavy (non-hydrogen) atoms. The zero-order chi connectivity index (χ0) is 24.4. The minimum atomic E-state index is -0.264. The fourth-order valence-corrected chi connectivity index (χ4v) is 4.74. The van der Waals surface area contributed by atoms with Crippen LogP contribution in [0.15, 0.2) is 66.9 Å². The van der Waals surface area contributed by atoms with Crippen LogP contribution < -0.4 is 20.9 Å². The largest absolute Gasteiger partial charge is 0.382 e. The van der Waals surface area contributed by atoms with E-state index in [-0.39, 0.29) is 11.7 Å². The second kappa shape index (κ2) is 9.88. The number of nitrogens with one attached hydrogen (secondary N) is 1. The molecule has 0 atom stereocenters. The van der Waals surface area contributed by atoms with Gasteiger partial charge in [-0.05, 0) is 55.3 Å². The highest BCUT2D eigenvalue weighted by Crippen LogP contribution is 2.23. The number of piperazine rings is 1. The molecule has 1 saturated heterocycles. The number of aromatic nitrogens is 2. The molecular formula is C27H29ClN6O. The Morgan fingerprint density at radius 3 is 2.20 bits per heavy atom. The summed E-state index contributed by atoms with van der Waals surface area (Å²) in [5.74, 6) is -0.0947. The highest BCUT2D eigenvalue weighted by molar-refractivity contribution is 6.33. The molecule has 0 saturated carbocycles. The topological polar surface area (TPSA) is 78.9 Å². The van der Waals surface area contributed by atoms with Gasteiger partial charge in [0.2, 0.25) is 0 Å². The van der Waals surface area contributed by atoms with Crippen molar-refractivity contribution >= 4 is 40.3 Å². The lowest BCUT2D eigenvalue weighted by Crippen LogP contribution is -2.46. The maximum Gasteiger partial charge on any atom is 0.272 e. The number of halogens is 1. The molecule has 3 heterocycles. The maximum absolute atomic E-state index is 12.7. The monoisotopic (exact) mass is 488 g/mol. The fraction of sp³-hybridized carbons (Fsp3) is 0.259. The van der Waals surface area contributed by atoms with Crippen LogP contribution in [0.25, 0.3) is 5.65 Å². The van der Waals surface area contributed by atoms with E-state index in [0.29, 0.717) is 22.9 Å². The Morgan fingerprint density at radius 1 is 0.971 bits per heavy atom. The van der Waals surface area contributed by atoms with Gasteiger partial charge in [0.15, 0.2) is 17.2 Å². The molecule has 0 radical (unpaired) electrons. The summed E-state index contributed by atoms with van der Waals surface area (Å²) in [5, 5.41) is 3.40. The minimum Gasteiger partial charge on any atom is -0.382 e. The van der Waals surface area contributed by atoms with Crippen LogP contribution in [-0.4, -0.2) is 48.0 Å². The highest BCUT2D eigenvalue weighted by atomic mass is 35.5. The SMILES string of the molecule is Cc1ccc(N2CCN(c3ccc(CCNC(=O)c4c(N)nc5c(Cl)cccn45)cc3)CC2)cc1. The van der Waals surface area contributed by atoms with E-state index in [1.807, 2.05) is 0 Å². The van der Waals surface area contributed by atoms with Crippen LogP contribution in [0.4, 0.5) is 17.2 Å². The number of benzene rings is 2. The smallest absolute Gasteiger partial charge is 0.272 e. The summed E-state index contributed by atoms with van der Waals surface area (Å²) in [6, 6.07) is 20.8. The van der Waals surface area contributed by atoms with E-state index >= 15 is 0 Å². The van der Waals surface area contributed by atoms with Gasteiger partial charge in [-0.3, -0.25) is 9.20 Å². The van der Waals surface area contributed by atoms with E-state index in [9.17, 15) is 4.79 Å². The summed E-state index contributed by atoms with van der Waals surface area (Å²) in [6.07, 6.45) is 2.46. The van der Waals surface area contributed by atoms with Gasteiger partial charge in [0, 0.05) is 50.3 Å². The summed E-state index contributed by atoms with van der Waals surface area (Å²) in [4.78, 5) is 21.8. The predicted octanol–water partition coefficient (Wildman–Crippen LogP) is 4.18. The van der Waals surface area contributed by atoms with Gasteiger partial charge in [0.05, 0.1) is 5.02 Å². The maximum atomic E-state index is 12.7. The third kappa shape index (κ3) is 4.91. The van der Waals surface area contributed by atoms with E-state index < -0.39 is 0 Å². The van der Waals surface area contributed by atoms with Crippen LogP contribution in [0.5, 0.6) is 0 Å². The van der Waals surface area contributed by atoms with Gasteiger partial charge in [0.25, 0.3) is 5.91 Å². The van der Waals surface area contributed by atoms with E-state index in [2.05, 4.69) is 75.6 Å². The number of hydrogen-bond donors (Lipinski definition) is 2. The normalized spacial score (nSPS) is 13.9. The first-order valence-electron chi connectivity index (χ1n) is 11.9. The summed E-state index contributed by atoms with van der Waals surface area (Å²) >= 11 is 6.16. The second-order valence-electron chi connectivity index (χ2n) is 8.88. The number of fused-ring (bicyclic) bond motifs is 1. The molecule has 7 nitrogen and oxygen atoms in total. The number of nitrogens with zero attached hydrogens (tertiary/aromatic N) is 4. The van der Waals surface area contributed by atoms with Gasteiger partial charge in [0.1, 0.15) is 0 Å². The number of amides is 1. The Hall–Kier alpha value is -3.71. The Labute approximate surface area is 210 Å². The zero-order valence-corrected chi connectivity index (χ0v) is 20.5. The number of rotatable bonds is 6. The van der Waals surface area contributed by atoms with Gasteiger partial charge in [-0.15, -0.1) is 0 Å². The number of aryl methyl sites for hydroxylation is 1. The molecule has 1 amide bonds. The van der Waals surface area contributed by atoms with Crippen molar-refractivity contribution in [2.24, 2.45) is 0 Å². The van der Waals surface area contributed by atoms with Crippen LogP contribution in [0.1, 0.15) is 21.6 Å². The van der Waals surface area contributed by atoms with E-state index in [4.69, 9.17) is 17.3 Å². The molecule has 2 aromatic carbocycles. The molecule has 4 aromatic rings. The average molecular weight is 489 g/mol. The first-order chi connectivity index (χ1) is 17.0. The van der Waals surface area contributed by atoms with Crippen LogP contribution in [0.2, 0.25) is 5.02 Å². The predicted molar refractivity (Wildman–Crippen MR) is 143 cm³/mol. The fourth-order valence-electron chi connectivity index (χ4n) is 4.53. The molecule has 2 aromatic heterocycles. The molecule has 5 rings (SSSR count). The molecule has 0 aliphatic carbocycles. The molecule has 1 aliphatic heterocycles. The molecule has 8 heteroatoms. The van der Waals surface area contributed by atoms with Gasteiger partial charge in [-0.25, -0.2) is 4.98 Å². The standard InChI is InChI=1S/C27H29ClN6O/c1-19-4-8-21(9-5-19)32-15-17-33(18-16-32)22-10-6-20(7-11-22)12-13-30-27(35)24-25(29)31-26-23(28)3-2-14-34(24)26/h2-11,14H,12-13,15-18,29H2,1H3,(H,30,35). The van der Waals surface area contributed by atoms with Crippen molar-refractivity contribution in [3.8, 4) is 0 Å². The van der Waals surface area contributed by atoms with Crippen LogP contribution in [-0.2, 0) is 6.42 Å². The van der Waals surface area contributed by atoms with E-state index in [0.717, 1.165) is 32.6 Å². The van der Waals surface area contributed by atoms with Gasteiger partial charge in [-0.1, -0.05) is 41.4 Å². The molecular weight excluding hydrogens is 460 g/mol. The molecule has 180 valence electrons. The highest BCUT2D eigenvalue weighted by Gasteiger charge is 2.19. The van der Waals surface area contributed by atoms with Crippen molar-refractivity contribution in [1.82, 2.24) is 14.7 Å². The van der Waals surface area contributed by atoms with E-state index in [1.54, 1.807) is 22.7 Å². The number of nitrogen functional groups attached to an aromatic ring is 1. The Balaban J connectivity index is 1.14. The van der Waals surface area contributed by atoms with Gasteiger partial charge >= 0.3 is 0 Å². The third-order valence-electron chi connectivity index (χ3n) is 6.52. The summed E-state index contributed by atoms with van der Waals surface area (Å²) in [5.41, 5.74) is 11.8. The Morgan fingerprint density at radius 2 is 1.57 bits per heavy atom. The quantitative estimate of drug-likeness (QED) is 0.425. The Bertz CT molecular complexity index is 1320. The second-order valence-corrected chi connectivity index (χ2v) is 9.28. The number of imidazole rings is 1. The van der Waals surface area contributed by atoms with Crippen molar-refractivity contribution in [3.63, 3.8) is 0 Å². The van der Waals surface area contributed by atoms with Crippen LogP contribution in [0, 0.1) is 6.92 Å². The lowest BCUT2D eigenvalue weighted by Gasteiger charge is -2.37. The Kier molecular flexibility index (Phi) is 6.51. The molecule has 1 aliphatic rings. The van der Waals surface area contributed by atoms with Crippen molar-refractivity contribution in [2.75, 3.05) is 48.3 Å². The molecule has 0 bridgehead atoms. The first-order valence-corrected chi connectivity index (χ1v) is 12.2. The third-order valence-corrected chi connectivity index (χ3v) is 6.82. The average Bonchev–Trinajstić information content (AvgIpc) is 3.22. The summed E-state index contributed by atoms with van der Waals surface area (Å²) < 4.78 is 1.63. The number of carbonyl (C=O) groups excluding carboxylic acids is 1. The lowest BCUT2D eigenvalue weighted by atomic mass is 10.1. The number of nitrogens with two attached hydrogens (primary N) is 1. The van der Waals surface area contributed by atoms with Crippen LogP contribution >= 0.6 is 11.6 Å². The van der Waals surface area contributed by atoms with Crippen molar-refractivity contribution in [2.45, 2.75) is 13.3 Å². The first kappa shape index (κ1) is 23.1. The minimum absolute atomic E-state index is 0.169. The molecule has 0 unspecified atom stereocenters. The van der Waals surface area contributed by atoms with Gasteiger partial charge in [-0.2, -0.15) is 0 Å². The number of anilines is 3. The summed E-state index contributed by atoms with van der Waals surface area (Å²) in [6.45, 7) is 6.62. The number of carbonyl (C=O) groups is 1. The van der Waals surface area contributed by atoms with Gasteiger partial charge < -0.3 is 20.9 Å². The van der Waals surface area contributed by atoms with Crippen molar-refractivity contribution < 1.29 is 4.79 Å². The number of hydrogen-bond acceptors (Lipinski definition) is 5. The van der Waals surface area contributed by atoms with Crippen LogP contribution in [0.3, 0.4) is 0 Å². The molecule has 1 fully saturated rings. The number of pyridine rings is 1. The summed E-state index contributed by atoms with van der Waals surface area (Å²) in [7, 11) is 0. The van der Waals surface area contributed by atoms with E-state index in [1.165, 1.54) is 22.5 Å². The zero-order valence-electron chi connectivity index (χ0n) is 19.7. The lowest BCUT2D eigenvalue weighted by molar-refractivity contribution is 0.0949. The van der Waals surface area contributed by atoms with Crippen molar-refractivity contribution in [3.05, 3.63) is 88.7 Å². The molecule has 0 spiro atoms. The molecule has 3 N–H and O–H groups in total.